The molecule has 0 saturated heterocycles. The fourth-order valence-electron chi connectivity index (χ4n) is 3.72. The minimum absolute atomic E-state index is 0.335. The summed E-state index contributed by atoms with van der Waals surface area (Å²) in [5.74, 6) is 0. The summed E-state index contributed by atoms with van der Waals surface area (Å²) in [7, 11) is 0. The second-order valence-electron chi connectivity index (χ2n) is 8.22. The molecule has 0 amide bonds. The van der Waals surface area contributed by atoms with Crippen molar-refractivity contribution in [1.29, 1.82) is 0 Å². The zero-order valence-electron chi connectivity index (χ0n) is 18.6. The molecule has 0 bridgehead atoms. The van der Waals surface area contributed by atoms with Crippen LogP contribution in [0.3, 0.4) is 0 Å². The first-order chi connectivity index (χ1) is 13.3. The Labute approximate surface area is 170 Å². The molecule has 0 spiro atoms. The Kier molecular flexibility index (Phi) is 22.1. The van der Waals surface area contributed by atoms with E-state index in [0.717, 1.165) is 25.7 Å². The molecule has 0 aromatic heterocycles. The molecule has 0 aliphatic carbocycles. The monoisotopic (exact) mass is 386 g/mol. The molecule has 0 saturated carbocycles. The van der Waals surface area contributed by atoms with Crippen molar-refractivity contribution < 1.29 is 14.9 Å². The van der Waals surface area contributed by atoms with Gasteiger partial charge in [0.15, 0.2) is 0 Å². The molecule has 0 aliphatic heterocycles. The van der Waals surface area contributed by atoms with Gasteiger partial charge in [0.2, 0.25) is 0 Å². The third kappa shape index (κ3) is 19.0. The Morgan fingerprint density at radius 3 is 1.19 bits per heavy atom. The molecule has 3 heteroatoms. The van der Waals surface area contributed by atoms with Gasteiger partial charge in [-0.15, -0.1) is 0 Å². The van der Waals surface area contributed by atoms with Gasteiger partial charge in [-0.05, 0) is 38.5 Å². The van der Waals surface area contributed by atoms with Crippen LogP contribution in [0, 0.1) is 0 Å². The van der Waals surface area contributed by atoms with Crippen LogP contribution in [-0.4, -0.2) is 35.6 Å². The summed E-state index contributed by atoms with van der Waals surface area (Å²) in [6, 6.07) is 0. The Bertz CT molecular complexity index is 244. The maximum absolute atomic E-state index is 8.88. The zero-order chi connectivity index (χ0) is 20.0. The number of hydrogen-bond acceptors (Lipinski definition) is 3. The van der Waals surface area contributed by atoms with Gasteiger partial charge in [0.1, 0.15) is 0 Å². The molecule has 3 nitrogen and oxygen atoms in total. The van der Waals surface area contributed by atoms with E-state index in [1.807, 2.05) is 0 Å². The Balaban J connectivity index is 4.20. The highest BCUT2D eigenvalue weighted by molar-refractivity contribution is 4.66. The van der Waals surface area contributed by atoms with Gasteiger partial charge in [-0.2, -0.15) is 0 Å². The molecule has 27 heavy (non-hydrogen) atoms. The second kappa shape index (κ2) is 22.2. The number of aliphatic hydroxyl groups is 2. The molecule has 0 aliphatic rings. The van der Waals surface area contributed by atoms with E-state index in [1.54, 1.807) is 0 Å². The lowest BCUT2D eigenvalue weighted by Gasteiger charge is -2.25. The van der Waals surface area contributed by atoms with Gasteiger partial charge in [0.25, 0.3) is 0 Å². The SMILES string of the molecule is CCCCC(CCCCCCCO)OC(CCCC)CCCCCCCO. The Hall–Kier alpha value is -0.120. The van der Waals surface area contributed by atoms with Crippen molar-refractivity contribution in [3.05, 3.63) is 0 Å². The highest BCUT2D eigenvalue weighted by Gasteiger charge is 2.16. The van der Waals surface area contributed by atoms with Gasteiger partial charge in [-0.25, -0.2) is 0 Å². The van der Waals surface area contributed by atoms with E-state index in [1.165, 1.54) is 89.9 Å². The topological polar surface area (TPSA) is 49.7 Å². The molecule has 0 radical (unpaired) electrons. The van der Waals surface area contributed by atoms with Gasteiger partial charge in [-0.3, -0.25) is 0 Å². The minimum Gasteiger partial charge on any atom is -0.396 e. The maximum atomic E-state index is 8.88. The van der Waals surface area contributed by atoms with E-state index in [0.29, 0.717) is 25.4 Å². The van der Waals surface area contributed by atoms with Crippen LogP contribution in [0.5, 0.6) is 0 Å². The van der Waals surface area contributed by atoms with Gasteiger partial charge in [-0.1, -0.05) is 90.9 Å². The molecule has 0 rings (SSSR count). The Morgan fingerprint density at radius 2 is 0.815 bits per heavy atom. The van der Waals surface area contributed by atoms with E-state index >= 15 is 0 Å². The van der Waals surface area contributed by atoms with Crippen LogP contribution in [0.1, 0.15) is 129 Å². The van der Waals surface area contributed by atoms with E-state index in [-0.39, 0.29) is 0 Å². The van der Waals surface area contributed by atoms with Gasteiger partial charge >= 0.3 is 0 Å². The van der Waals surface area contributed by atoms with Crippen LogP contribution < -0.4 is 0 Å². The van der Waals surface area contributed by atoms with Crippen LogP contribution in [0.2, 0.25) is 0 Å². The highest BCUT2D eigenvalue weighted by Crippen LogP contribution is 2.21. The van der Waals surface area contributed by atoms with Gasteiger partial charge in [0, 0.05) is 13.2 Å². The first-order valence-electron chi connectivity index (χ1n) is 12.2. The van der Waals surface area contributed by atoms with Crippen LogP contribution in [0.4, 0.5) is 0 Å². The molecular weight excluding hydrogens is 336 g/mol. The number of unbranched alkanes of at least 4 members (excludes halogenated alkanes) is 10. The number of ether oxygens (including phenoxy) is 1. The van der Waals surface area contributed by atoms with Crippen LogP contribution >= 0.6 is 0 Å². The lowest BCUT2D eigenvalue weighted by Crippen LogP contribution is -2.23. The average Bonchev–Trinajstić information content (AvgIpc) is 2.68. The van der Waals surface area contributed by atoms with Crippen molar-refractivity contribution in [1.82, 2.24) is 0 Å². The van der Waals surface area contributed by atoms with Gasteiger partial charge < -0.3 is 14.9 Å². The fourth-order valence-corrected chi connectivity index (χ4v) is 3.72. The molecule has 0 aromatic carbocycles. The molecule has 0 aromatic rings. The van der Waals surface area contributed by atoms with Crippen LogP contribution in [0.25, 0.3) is 0 Å². The van der Waals surface area contributed by atoms with Gasteiger partial charge in [0.05, 0.1) is 12.2 Å². The molecule has 164 valence electrons. The van der Waals surface area contributed by atoms with Crippen molar-refractivity contribution in [2.24, 2.45) is 0 Å². The summed E-state index contributed by atoms with van der Waals surface area (Å²) in [5.41, 5.74) is 0. The highest BCUT2D eigenvalue weighted by atomic mass is 16.5. The van der Waals surface area contributed by atoms with Crippen molar-refractivity contribution in [2.45, 2.75) is 142 Å². The third-order valence-electron chi connectivity index (χ3n) is 5.51. The smallest absolute Gasteiger partial charge is 0.0578 e. The minimum atomic E-state index is 0.335. The lowest BCUT2D eigenvalue weighted by molar-refractivity contribution is -0.0321. The molecule has 0 heterocycles. The Morgan fingerprint density at radius 1 is 0.481 bits per heavy atom. The molecule has 2 atom stereocenters. The molecule has 2 N–H and O–H groups in total. The van der Waals surface area contributed by atoms with E-state index < -0.39 is 0 Å². The largest absolute Gasteiger partial charge is 0.396 e. The normalized spacial score (nSPS) is 13.8. The number of hydrogen-bond donors (Lipinski definition) is 2. The predicted molar refractivity (Wildman–Crippen MR) is 117 cm³/mol. The summed E-state index contributed by atoms with van der Waals surface area (Å²) < 4.78 is 6.63. The summed E-state index contributed by atoms with van der Waals surface area (Å²) in [6.45, 7) is 5.21. The second-order valence-corrected chi connectivity index (χ2v) is 8.22. The predicted octanol–water partition coefficient (Wildman–Crippen LogP) is 6.79. The molecule has 2 unspecified atom stereocenters. The van der Waals surface area contributed by atoms with Crippen LogP contribution in [0.15, 0.2) is 0 Å². The van der Waals surface area contributed by atoms with E-state index in [2.05, 4.69) is 13.8 Å². The summed E-state index contributed by atoms with van der Waals surface area (Å²) >= 11 is 0. The average molecular weight is 387 g/mol. The maximum Gasteiger partial charge on any atom is 0.0578 e. The third-order valence-corrected chi connectivity index (χ3v) is 5.51. The van der Waals surface area contributed by atoms with E-state index in [9.17, 15) is 0 Å². The zero-order valence-corrected chi connectivity index (χ0v) is 18.6. The first kappa shape index (κ1) is 26.9. The summed E-state index contributed by atoms with van der Waals surface area (Å²) in [5, 5.41) is 17.8. The number of aliphatic hydroxyl groups excluding tert-OH is 2. The molecular formula is C24H50O3. The van der Waals surface area contributed by atoms with Crippen molar-refractivity contribution >= 4 is 0 Å². The molecule has 0 fully saturated rings. The van der Waals surface area contributed by atoms with E-state index in [4.69, 9.17) is 14.9 Å². The van der Waals surface area contributed by atoms with Crippen LogP contribution in [-0.2, 0) is 4.74 Å². The van der Waals surface area contributed by atoms with Crippen molar-refractivity contribution in [2.75, 3.05) is 13.2 Å². The standard InChI is InChI=1S/C24H50O3/c1-3-5-17-23(19-13-9-7-11-15-21-25)27-24(18-6-4-2)20-14-10-8-12-16-22-26/h23-26H,3-22H2,1-2H3. The quantitative estimate of drug-likeness (QED) is 0.201. The fraction of sp³-hybridized carbons (Fsp3) is 1.00. The first-order valence-corrected chi connectivity index (χ1v) is 12.2. The summed E-state index contributed by atoms with van der Waals surface area (Å²) in [6.07, 6.45) is 22.6. The van der Waals surface area contributed by atoms with Crippen molar-refractivity contribution in [3.63, 3.8) is 0 Å². The van der Waals surface area contributed by atoms with Crippen molar-refractivity contribution in [3.8, 4) is 0 Å². The lowest BCUT2D eigenvalue weighted by atomic mass is 10.0. The number of rotatable bonds is 22. The summed E-state index contributed by atoms with van der Waals surface area (Å²) in [4.78, 5) is 0.